The van der Waals surface area contributed by atoms with E-state index in [0.717, 1.165) is 10.0 Å². The van der Waals surface area contributed by atoms with Crippen LogP contribution in [-0.2, 0) is 0 Å². The lowest BCUT2D eigenvalue weighted by atomic mass is 10.1. The molecule has 0 fully saturated rings. The van der Waals surface area contributed by atoms with E-state index in [1.807, 2.05) is 12.1 Å². The molecule has 3 rings (SSSR count). The minimum absolute atomic E-state index is 0.323. The number of nitrogens with zero attached hydrogens (tertiary/aromatic N) is 1. The minimum atomic E-state index is -0.390. The van der Waals surface area contributed by atoms with Crippen LogP contribution in [0.1, 0.15) is 11.3 Å². The summed E-state index contributed by atoms with van der Waals surface area (Å²) in [5.41, 5.74) is 1.65. The van der Waals surface area contributed by atoms with Crippen molar-refractivity contribution in [2.75, 3.05) is 0 Å². The molecule has 0 aliphatic heterocycles. The second kappa shape index (κ2) is 7.04. The van der Waals surface area contributed by atoms with E-state index in [0.29, 0.717) is 27.7 Å². The second-order valence-electron chi connectivity index (χ2n) is 5.01. The first-order valence-corrected chi connectivity index (χ1v) is 8.17. The number of nitriles is 1. The molecule has 1 aromatic heterocycles. The van der Waals surface area contributed by atoms with Crippen molar-refractivity contribution in [1.82, 2.24) is 0 Å². The molecular formula is C19H10BrClFNO. The van der Waals surface area contributed by atoms with Gasteiger partial charge in [-0.1, -0.05) is 29.8 Å². The van der Waals surface area contributed by atoms with Gasteiger partial charge in [-0.25, -0.2) is 4.39 Å². The topological polar surface area (TPSA) is 36.9 Å². The second-order valence-corrected chi connectivity index (χ2v) is 6.27. The Hall–Kier alpha value is -2.35. The maximum atomic E-state index is 13.3. The van der Waals surface area contributed by atoms with Crippen LogP contribution < -0.4 is 0 Å². The molecule has 0 amide bonds. The Morgan fingerprint density at radius 3 is 2.71 bits per heavy atom. The number of halogens is 3. The Labute approximate surface area is 151 Å². The van der Waals surface area contributed by atoms with Gasteiger partial charge in [0.05, 0.1) is 16.7 Å². The number of rotatable bonds is 3. The highest BCUT2D eigenvalue weighted by molar-refractivity contribution is 9.10. The molecule has 0 bridgehead atoms. The van der Waals surface area contributed by atoms with Crippen LogP contribution in [0.25, 0.3) is 23.0 Å². The van der Waals surface area contributed by atoms with Gasteiger partial charge in [0.1, 0.15) is 17.3 Å². The fraction of sp³-hybridized carbons (Fsp3) is 0. The van der Waals surface area contributed by atoms with Gasteiger partial charge in [0, 0.05) is 10.0 Å². The maximum Gasteiger partial charge on any atom is 0.134 e. The Bertz CT molecular complexity index is 971. The van der Waals surface area contributed by atoms with E-state index in [4.69, 9.17) is 16.0 Å². The van der Waals surface area contributed by atoms with Crippen molar-refractivity contribution in [3.05, 3.63) is 81.2 Å². The predicted octanol–water partition coefficient (Wildman–Crippen LogP) is 6.57. The van der Waals surface area contributed by atoms with E-state index in [2.05, 4.69) is 22.0 Å². The monoisotopic (exact) mass is 401 g/mol. The van der Waals surface area contributed by atoms with Gasteiger partial charge in [-0.2, -0.15) is 5.26 Å². The number of benzene rings is 2. The van der Waals surface area contributed by atoms with Gasteiger partial charge in [-0.05, 0) is 64.0 Å². The Kier molecular flexibility index (Phi) is 4.84. The first kappa shape index (κ1) is 16.5. The molecule has 3 aromatic rings. The molecule has 0 atom stereocenters. The van der Waals surface area contributed by atoms with E-state index in [9.17, 15) is 9.65 Å². The van der Waals surface area contributed by atoms with Crippen molar-refractivity contribution in [2.45, 2.75) is 0 Å². The van der Waals surface area contributed by atoms with Crippen LogP contribution in [0, 0.1) is 17.1 Å². The summed E-state index contributed by atoms with van der Waals surface area (Å²) in [4.78, 5) is 0. The lowest BCUT2D eigenvalue weighted by Gasteiger charge is -2.00. The highest BCUT2D eigenvalue weighted by Crippen LogP contribution is 2.30. The quantitative estimate of drug-likeness (QED) is 0.465. The van der Waals surface area contributed by atoms with Crippen LogP contribution in [0.3, 0.4) is 0 Å². The van der Waals surface area contributed by atoms with Gasteiger partial charge in [0.15, 0.2) is 0 Å². The standard InChI is InChI=1S/C19H10BrClFNO/c20-17-6-4-13(10-18(17)21)19-7-5-16(24-19)9-14(11-23)12-2-1-3-15(22)8-12/h1-10H/b14-9-. The molecule has 0 unspecified atom stereocenters. The van der Waals surface area contributed by atoms with Gasteiger partial charge >= 0.3 is 0 Å². The third-order valence-corrected chi connectivity index (χ3v) is 4.61. The molecule has 0 N–H and O–H groups in total. The summed E-state index contributed by atoms with van der Waals surface area (Å²) in [5.74, 6) is 0.746. The first-order chi connectivity index (χ1) is 11.6. The zero-order valence-corrected chi connectivity index (χ0v) is 14.6. The van der Waals surface area contributed by atoms with Crippen molar-refractivity contribution in [2.24, 2.45) is 0 Å². The number of allylic oxidation sites excluding steroid dienone is 1. The smallest absolute Gasteiger partial charge is 0.134 e. The summed E-state index contributed by atoms with van der Waals surface area (Å²) < 4.78 is 19.9. The van der Waals surface area contributed by atoms with Crippen LogP contribution in [0.2, 0.25) is 5.02 Å². The number of hydrogen-bond donors (Lipinski definition) is 0. The minimum Gasteiger partial charge on any atom is -0.457 e. The van der Waals surface area contributed by atoms with Crippen LogP contribution in [0.15, 0.2) is 63.5 Å². The first-order valence-electron chi connectivity index (χ1n) is 7.00. The van der Waals surface area contributed by atoms with Gasteiger partial charge < -0.3 is 4.42 Å². The molecule has 2 nitrogen and oxygen atoms in total. The molecule has 1 heterocycles. The highest BCUT2D eigenvalue weighted by Gasteiger charge is 2.08. The average Bonchev–Trinajstić information content (AvgIpc) is 3.04. The Balaban J connectivity index is 1.95. The highest BCUT2D eigenvalue weighted by atomic mass is 79.9. The lowest BCUT2D eigenvalue weighted by Crippen LogP contribution is -1.83. The van der Waals surface area contributed by atoms with Crippen molar-refractivity contribution >= 4 is 39.2 Å². The van der Waals surface area contributed by atoms with Crippen LogP contribution in [-0.4, -0.2) is 0 Å². The molecule has 5 heteroatoms. The van der Waals surface area contributed by atoms with Gasteiger partial charge in [0.2, 0.25) is 0 Å². The average molecular weight is 403 g/mol. The number of furan rings is 1. The summed E-state index contributed by atoms with van der Waals surface area (Å²) >= 11 is 9.44. The largest absolute Gasteiger partial charge is 0.457 e. The molecule has 0 aliphatic rings. The summed E-state index contributed by atoms with van der Waals surface area (Å²) in [6, 6.07) is 17.0. The summed E-state index contributed by atoms with van der Waals surface area (Å²) in [6.45, 7) is 0. The van der Waals surface area contributed by atoms with Gasteiger partial charge in [0.25, 0.3) is 0 Å². The van der Waals surface area contributed by atoms with Gasteiger partial charge in [-0.3, -0.25) is 0 Å². The van der Waals surface area contributed by atoms with E-state index >= 15 is 0 Å². The maximum absolute atomic E-state index is 13.3. The number of hydrogen-bond acceptors (Lipinski definition) is 2. The molecule has 0 saturated heterocycles. The van der Waals surface area contributed by atoms with Crippen molar-refractivity contribution < 1.29 is 8.81 Å². The molecule has 0 radical (unpaired) electrons. The SMILES string of the molecule is N#C/C(=C/c1ccc(-c2ccc(Br)c(Cl)c2)o1)c1cccc(F)c1. The van der Waals surface area contributed by atoms with Crippen LogP contribution in [0.5, 0.6) is 0 Å². The third-order valence-electron chi connectivity index (χ3n) is 3.37. The van der Waals surface area contributed by atoms with Crippen molar-refractivity contribution in [1.29, 1.82) is 5.26 Å². The Morgan fingerprint density at radius 2 is 2.00 bits per heavy atom. The normalized spacial score (nSPS) is 11.3. The summed E-state index contributed by atoms with van der Waals surface area (Å²) in [6.07, 6.45) is 1.58. The van der Waals surface area contributed by atoms with Crippen LogP contribution >= 0.6 is 27.5 Å². The molecule has 0 saturated carbocycles. The molecule has 24 heavy (non-hydrogen) atoms. The van der Waals surface area contributed by atoms with Crippen molar-refractivity contribution in [3.8, 4) is 17.4 Å². The van der Waals surface area contributed by atoms with E-state index in [-0.39, 0.29) is 0 Å². The fourth-order valence-electron chi connectivity index (χ4n) is 2.21. The fourth-order valence-corrected chi connectivity index (χ4v) is 2.64. The van der Waals surface area contributed by atoms with Crippen molar-refractivity contribution in [3.63, 3.8) is 0 Å². The lowest BCUT2D eigenvalue weighted by molar-refractivity contribution is 0.572. The van der Waals surface area contributed by atoms with Gasteiger partial charge in [-0.15, -0.1) is 0 Å². The molecular weight excluding hydrogens is 393 g/mol. The summed E-state index contributed by atoms with van der Waals surface area (Å²) in [7, 11) is 0. The van der Waals surface area contributed by atoms with E-state index < -0.39 is 5.82 Å². The summed E-state index contributed by atoms with van der Waals surface area (Å²) in [5, 5.41) is 9.90. The molecule has 0 spiro atoms. The zero-order chi connectivity index (χ0) is 17.1. The van der Waals surface area contributed by atoms with E-state index in [1.165, 1.54) is 12.1 Å². The third kappa shape index (κ3) is 3.59. The molecule has 0 aliphatic carbocycles. The Morgan fingerprint density at radius 1 is 1.17 bits per heavy atom. The zero-order valence-electron chi connectivity index (χ0n) is 12.3. The molecule has 118 valence electrons. The van der Waals surface area contributed by atoms with E-state index in [1.54, 1.807) is 36.4 Å². The molecule has 2 aromatic carbocycles. The predicted molar refractivity (Wildman–Crippen MR) is 96.7 cm³/mol. The van der Waals surface area contributed by atoms with Crippen LogP contribution in [0.4, 0.5) is 4.39 Å².